The number of ether oxygens (including phenoxy) is 1. The molecule has 9 nitrogen and oxygen atoms in total. The maximum absolute atomic E-state index is 15.1. The molecule has 2 saturated heterocycles. The third-order valence-electron chi connectivity index (χ3n) is 8.16. The maximum Gasteiger partial charge on any atom is 0.255 e. The van der Waals surface area contributed by atoms with Gasteiger partial charge in [-0.25, -0.2) is 9.24 Å². The first-order valence-corrected chi connectivity index (χ1v) is 14.0. The van der Waals surface area contributed by atoms with Gasteiger partial charge in [0.25, 0.3) is 5.91 Å². The van der Waals surface area contributed by atoms with E-state index in [1.165, 1.54) is 4.90 Å². The topological polar surface area (TPSA) is 86.6 Å². The first-order valence-electron chi connectivity index (χ1n) is 14.0. The quantitative estimate of drug-likeness (QED) is 0.343. The van der Waals surface area contributed by atoms with Crippen molar-refractivity contribution in [2.75, 3.05) is 31.1 Å². The van der Waals surface area contributed by atoms with Crippen molar-refractivity contribution in [2.45, 2.75) is 38.6 Å². The zero-order valence-electron chi connectivity index (χ0n) is 23.0. The summed E-state index contributed by atoms with van der Waals surface area (Å²) in [5.41, 5.74) is 4.15. The fourth-order valence-corrected chi connectivity index (χ4v) is 5.81. The molecule has 3 aromatic carbocycles. The average Bonchev–Trinajstić information content (AvgIpc) is 3.33. The molecule has 3 aliphatic heterocycles. The van der Waals surface area contributed by atoms with E-state index in [4.69, 9.17) is 11.3 Å². The fourth-order valence-electron chi connectivity index (χ4n) is 5.81. The molecule has 1 N–H and O–H groups in total. The highest BCUT2D eigenvalue weighted by Gasteiger charge is 2.40. The molecule has 10 heteroatoms. The number of halogens is 1. The summed E-state index contributed by atoms with van der Waals surface area (Å²) in [5, 5.41) is 2.31. The van der Waals surface area contributed by atoms with Gasteiger partial charge in [0, 0.05) is 61.5 Å². The SMILES string of the molecule is [C-]#[N+]c1ccc(N2CCN(Cc3ccc(COc4cccc5c4CN([C@H]4CCC(=O)NC4=O)C5=O)c(F)c3)CC2)cc1. The first-order chi connectivity index (χ1) is 20.4. The number of piperazine rings is 1. The van der Waals surface area contributed by atoms with E-state index in [9.17, 15) is 14.4 Å². The smallest absolute Gasteiger partial charge is 0.255 e. The number of carbonyl (C=O) groups is 3. The Kier molecular flexibility index (Phi) is 7.59. The van der Waals surface area contributed by atoms with Crippen molar-refractivity contribution in [3.05, 3.63) is 100 Å². The summed E-state index contributed by atoms with van der Waals surface area (Å²) >= 11 is 0. The molecule has 0 radical (unpaired) electrons. The number of imide groups is 1. The van der Waals surface area contributed by atoms with Crippen molar-refractivity contribution in [3.8, 4) is 5.75 Å². The van der Waals surface area contributed by atoms with Crippen LogP contribution < -0.4 is 15.0 Å². The van der Waals surface area contributed by atoms with Crippen molar-refractivity contribution in [2.24, 2.45) is 0 Å². The van der Waals surface area contributed by atoms with Crippen LogP contribution >= 0.6 is 0 Å². The molecular weight excluding hydrogens is 537 g/mol. The van der Waals surface area contributed by atoms with Crippen LogP contribution in [0.5, 0.6) is 5.75 Å². The van der Waals surface area contributed by atoms with Gasteiger partial charge in [-0.15, -0.1) is 0 Å². The van der Waals surface area contributed by atoms with Crippen molar-refractivity contribution >= 4 is 29.1 Å². The largest absolute Gasteiger partial charge is 0.488 e. The maximum atomic E-state index is 15.1. The highest BCUT2D eigenvalue weighted by atomic mass is 19.1. The number of amides is 3. The standard InChI is InChI=1S/C32H30FN5O4/c1-34-23-7-9-24(10-8-23)37-15-13-36(14-16-37)18-21-5-6-22(27(33)17-21)20-42-29-4-2-3-25-26(29)19-38(32(25)41)28-11-12-30(39)35-31(28)40/h2-10,17,28H,11-16,18-20H2,(H,35,39,40)/t28-/m0/s1. The van der Waals surface area contributed by atoms with Gasteiger partial charge >= 0.3 is 0 Å². The lowest BCUT2D eigenvalue weighted by molar-refractivity contribution is -0.136. The van der Waals surface area contributed by atoms with E-state index in [-0.39, 0.29) is 43.6 Å². The zero-order chi connectivity index (χ0) is 29.2. The molecule has 0 unspecified atom stereocenters. The molecule has 3 heterocycles. The molecule has 214 valence electrons. The second-order valence-corrected chi connectivity index (χ2v) is 10.8. The Morgan fingerprint density at radius 3 is 2.50 bits per heavy atom. The number of rotatable bonds is 7. The van der Waals surface area contributed by atoms with Gasteiger partial charge in [-0.05, 0) is 42.3 Å². The van der Waals surface area contributed by atoms with Crippen molar-refractivity contribution < 1.29 is 23.5 Å². The van der Waals surface area contributed by atoms with Crippen molar-refractivity contribution in [3.63, 3.8) is 0 Å². The number of carbonyl (C=O) groups excluding carboxylic acids is 3. The lowest BCUT2D eigenvalue weighted by atomic mass is 10.0. The van der Waals surface area contributed by atoms with E-state index in [2.05, 4.69) is 20.0 Å². The Balaban J connectivity index is 1.05. The predicted octanol–water partition coefficient (Wildman–Crippen LogP) is 4.04. The van der Waals surface area contributed by atoms with E-state index >= 15 is 4.39 Å². The van der Waals surface area contributed by atoms with E-state index < -0.39 is 11.9 Å². The summed E-state index contributed by atoms with van der Waals surface area (Å²) in [4.78, 5) is 46.5. The average molecular weight is 568 g/mol. The summed E-state index contributed by atoms with van der Waals surface area (Å²) in [7, 11) is 0. The predicted molar refractivity (Wildman–Crippen MR) is 153 cm³/mol. The number of hydrogen-bond donors (Lipinski definition) is 1. The molecule has 3 amide bonds. The van der Waals surface area contributed by atoms with Gasteiger partial charge in [0.1, 0.15) is 24.2 Å². The molecule has 6 rings (SSSR count). The molecule has 2 fully saturated rings. The van der Waals surface area contributed by atoms with Crippen LogP contribution in [0.1, 0.15) is 39.9 Å². The minimum absolute atomic E-state index is 0.000136. The van der Waals surface area contributed by atoms with Crippen LogP contribution in [0, 0.1) is 12.4 Å². The minimum atomic E-state index is -0.708. The lowest BCUT2D eigenvalue weighted by Gasteiger charge is -2.36. The Morgan fingerprint density at radius 1 is 1.00 bits per heavy atom. The number of piperidine rings is 1. The van der Waals surface area contributed by atoms with Gasteiger partial charge in [0.2, 0.25) is 11.8 Å². The van der Waals surface area contributed by atoms with E-state index in [1.807, 2.05) is 30.3 Å². The molecule has 3 aliphatic rings. The monoisotopic (exact) mass is 567 g/mol. The fraction of sp³-hybridized carbons (Fsp3) is 0.312. The summed E-state index contributed by atoms with van der Waals surface area (Å²) in [6.07, 6.45) is 0.469. The van der Waals surface area contributed by atoms with Crippen LogP contribution in [0.25, 0.3) is 4.85 Å². The van der Waals surface area contributed by atoms with Gasteiger partial charge in [-0.2, -0.15) is 0 Å². The number of fused-ring (bicyclic) bond motifs is 1. The van der Waals surface area contributed by atoms with Crippen LogP contribution in [-0.2, 0) is 29.3 Å². The summed E-state index contributed by atoms with van der Waals surface area (Å²) in [5.74, 6) is -0.952. The summed E-state index contributed by atoms with van der Waals surface area (Å²) in [6, 6.07) is 17.3. The number of anilines is 1. The summed E-state index contributed by atoms with van der Waals surface area (Å²) < 4.78 is 21.1. The Hall–Kier alpha value is -4.75. The van der Waals surface area contributed by atoms with Gasteiger partial charge in [0.05, 0.1) is 13.1 Å². The minimum Gasteiger partial charge on any atom is -0.488 e. The molecule has 3 aromatic rings. The van der Waals surface area contributed by atoms with Gasteiger partial charge < -0.3 is 14.5 Å². The number of hydrogen-bond acceptors (Lipinski definition) is 6. The third-order valence-corrected chi connectivity index (χ3v) is 8.16. The Morgan fingerprint density at radius 2 is 1.79 bits per heavy atom. The van der Waals surface area contributed by atoms with Crippen molar-refractivity contribution in [1.29, 1.82) is 0 Å². The highest BCUT2D eigenvalue weighted by Crippen LogP contribution is 2.34. The van der Waals surface area contributed by atoms with E-state index in [0.29, 0.717) is 34.7 Å². The van der Waals surface area contributed by atoms with E-state index in [0.717, 1.165) is 37.4 Å². The normalized spacial score (nSPS) is 19.0. The second kappa shape index (κ2) is 11.6. The number of nitrogens with one attached hydrogen (secondary N) is 1. The van der Waals surface area contributed by atoms with Crippen LogP contribution in [0.15, 0.2) is 60.7 Å². The van der Waals surface area contributed by atoms with Gasteiger partial charge in [-0.1, -0.05) is 30.3 Å². The van der Waals surface area contributed by atoms with Gasteiger partial charge in [0.15, 0.2) is 5.69 Å². The molecule has 0 aliphatic carbocycles. The Bertz CT molecular complexity index is 1580. The lowest BCUT2D eigenvalue weighted by Crippen LogP contribution is -2.52. The molecule has 0 aromatic heterocycles. The van der Waals surface area contributed by atoms with E-state index in [1.54, 1.807) is 30.3 Å². The molecule has 42 heavy (non-hydrogen) atoms. The zero-order valence-corrected chi connectivity index (χ0v) is 23.0. The third kappa shape index (κ3) is 5.56. The van der Waals surface area contributed by atoms with Crippen LogP contribution in [0.4, 0.5) is 15.8 Å². The summed E-state index contributed by atoms with van der Waals surface area (Å²) in [6.45, 7) is 11.4. The number of benzene rings is 3. The first kappa shape index (κ1) is 27.4. The van der Waals surface area contributed by atoms with Gasteiger partial charge in [-0.3, -0.25) is 24.6 Å². The van der Waals surface area contributed by atoms with Crippen LogP contribution in [0.2, 0.25) is 0 Å². The van der Waals surface area contributed by atoms with Crippen LogP contribution in [-0.4, -0.2) is 59.7 Å². The molecule has 0 bridgehead atoms. The Labute approximate surface area is 243 Å². The van der Waals surface area contributed by atoms with Crippen LogP contribution in [0.3, 0.4) is 0 Å². The van der Waals surface area contributed by atoms with Crippen molar-refractivity contribution in [1.82, 2.24) is 15.1 Å². The second-order valence-electron chi connectivity index (χ2n) is 10.8. The number of nitrogens with zero attached hydrogens (tertiary/aromatic N) is 4. The molecule has 1 atom stereocenters. The molecular formula is C32H30FN5O4. The molecule has 0 spiro atoms. The highest BCUT2D eigenvalue weighted by molar-refractivity contribution is 6.05. The molecule has 0 saturated carbocycles.